The van der Waals surface area contributed by atoms with Gasteiger partial charge in [0.25, 0.3) is 0 Å². The number of imidazole rings is 1. The average molecular weight is 444 g/mol. The minimum Gasteiger partial charge on any atom is -0.489 e. The van der Waals surface area contributed by atoms with Crippen LogP contribution in [0, 0.1) is 0 Å². The summed E-state index contributed by atoms with van der Waals surface area (Å²) in [6, 6.07) is 20.7. The second kappa shape index (κ2) is 8.69. The number of halogens is 1. The molecule has 32 heavy (non-hydrogen) atoms. The fraction of sp³-hybridized carbons (Fsp3) is 0.0800. The summed E-state index contributed by atoms with van der Waals surface area (Å²) in [5.74, 6) is 1.81. The third-order valence-corrected chi connectivity index (χ3v) is 5.27. The third kappa shape index (κ3) is 4.26. The molecule has 0 fully saturated rings. The Morgan fingerprint density at radius 3 is 2.75 bits per heavy atom. The van der Waals surface area contributed by atoms with Gasteiger partial charge in [0.1, 0.15) is 30.6 Å². The van der Waals surface area contributed by atoms with Crippen LogP contribution in [0.15, 0.2) is 77.4 Å². The Morgan fingerprint density at radius 2 is 1.91 bits per heavy atom. The highest BCUT2D eigenvalue weighted by Crippen LogP contribution is 2.27. The van der Waals surface area contributed by atoms with Crippen molar-refractivity contribution in [1.82, 2.24) is 15.0 Å². The molecule has 0 aliphatic carbocycles. The highest BCUT2D eigenvalue weighted by atomic mass is 35.5. The number of oxazole rings is 1. The number of carbonyl (C=O) groups excluding carboxylic acids is 1. The van der Waals surface area contributed by atoms with Gasteiger partial charge in [0.15, 0.2) is 11.7 Å². The summed E-state index contributed by atoms with van der Waals surface area (Å²) < 4.78 is 11.7. The quantitative estimate of drug-likeness (QED) is 0.319. The molecule has 0 aliphatic rings. The van der Waals surface area contributed by atoms with Crippen molar-refractivity contribution in [2.24, 2.45) is 0 Å². The summed E-state index contributed by atoms with van der Waals surface area (Å²) in [5.41, 5.74) is 4.63. The first kappa shape index (κ1) is 20.0. The van der Waals surface area contributed by atoms with Crippen molar-refractivity contribution in [2.45, 2.75) is 13.0 Å². The van der Waals surface area contributed by atoms with Crippen LogP contribution in [0.5, 0.6) is 5.75 Å². The molecule has 0 spiro atoms. The monoisotopic (exact) mass is 443 g/mol. The van der Waals surface area contributed by atoms with Crippen LogP contribution in [0.25, 0.3) is 22.6 Å². The molecule has 5 aromatic rings. The molecule has 2 heterocycles. The zero-order chi connectivity index (χ0) is 21.9. The van der Waals surface area contributed by atoms with Crippen LogP contribution in [0.3, 0.4) is 0 Å². The zero-order valence-electron chi connectivity index (χ0n) is 16.9. The van der Waals surface area contributed by atoms with E-state index >= 15 is 0 Å². The number of carbonyl (C=O) groups is 1. The summed E-state index contributed by atoms with van der Waals surface area (Å²) in [6.07, 6.45) is 2.78. The van der Waals surface area contributed by atoms with Gasteiger partial charge in [-0.2, -0.15) is 0 Å². The number of hydrogen-bond acceptors (Lipinski definition) is 5. The van der Waals surface area contributed by atoms with E-state index < -0.39 is 0 Å². The van der Waals surface area contributed by atoms with E-state index in [-0.39, 0.29) is 0 Å². The molecule has 0 atom stereocenters. The number of aldehydes is 1. The smallest absolute Gasteiger partial charge is 0.199 e. The maximum Gasteiger partial charge on any atom is 0.199 e. The van der Waals surface area contributed by atoms with E-state index in [1.807, 2.05) is 42.5 Å². The van der Waals surface area contributed by atoms with Gasteiger partial charge in [0.05, 0.1) is 17.5 Å². The number of aromatic amines is 1. The van der Waals surface area contributed by atoms with Crippen LogP contribution in [-0.4, -0.2) is 21.2 Å². The summed E-state index contributed by atoms with van der Waals surface area (Å²) in [7, 11) is 0. The fourth-order valence-electron chi connectivity index (χ4n) is 3.45. The maximum atomic E-state index is 11.0. The SMILES string of the molecule is O=Cc1ccc2nc(-c3coc(Cc4cc(Cl)ccc4OCc4ccccc4)n3)[nH]c2c1. The minimum absolute atomic E-state index is 0.417. The van der Waals surface area contributed by atoms with Crippen LogP contribution in [0.1, 0.15) is 27.4 Å². The van der Waals surface area contributed by atoms with Crippen molar-refractivity contribution in [1.29, 1.82) is 0 Å². The first-order valence-electron chi connectivity index (χ1n) is 10.0. The van der Waals surface area contributed by atoms with Crippen molar-refractivity contribution >= 4 is 28.9 Å². The third-order valence-electron chi connectivity index (χ3n) is 5.04. The summed E-state index contributed by atoms with van der Waals surface area (Å²) in [4.78, 5) is 23.3. The van der Waals surface area contributed by atoms with E-state index in [1.165, 1.54) is 0 Å². The lowest BCUT2D eigenvalue weighted by Gasteiger charge is -2.11. The first-order valence-corrected chi connectivity index (χ1v) is 10.4. The second-order valence-corrected chi connectivity index (χ2v) is 7.75. The minimum atomic E-state index is 0.417. The van der Waals surface area contributed by atoms with Crippen LogP contribution in [0.4, 0.5) is 0 Å². The molecule has 0 unspecified atom stereocenters. The Morgan fingerprint density at radius 1 is 1.03 bits per heavy atom. The first-order chi connectivity index (χ1) is 15.7. The molecule has 5 rings (SSSR count). The van der Waals surface area contributed by atoms with Gasteiger partial charge in [-0.15, -0.1) is 0 Å². The number of ether oxygens (including phenoxy) is 1. The summed E-state index contributed by atoms with van der Waals surface area (Å²) >= 11 is 6.22. The Hall–Kier alpha value is -3.90. The van der Waals surface area contributed by atoms with Crippen LogP contribution in [0.2, 0.25) is 5.02 Å². The van der Waals surface area contributed by atoms with Gasteiger partial charge < -0.3 is 14.1 Å². The number of H-pyrrole nitrogens is 1. The summed E-state index contributed by atoms with van der Waals surface area (Å²) in [5, 5.41) is 0.613. The molecule has 0 radical (unpaired) electrons. The lowest BCUT2D eigenvalue weighted by atomic mass is 10.1. The van der Waals surface area contributed by atoms with Gasteiger partial charge in [-0.3, -0.25) is 4.79 Å². The molecular weight excluding hydrogens is 426 g/mol. The van der Waals surface area contributed by atoms with E-state index in [2.05, 4.69) is 15.0 Å². The van der Waals surface area contributed by atoms with Crippen LogP contribution in [-0.2, 0) is 13.0 Å². The number of nitrogens with zero attached hydrogens (tertiary/aromatic N) is 2. The Kier molecular flexibility index (Phi) is 5.44. The van der Waals surface area contributed by atoms with Crippen LogP contribution < -0.4 is 4.74 Å². The molecule has 0 saturated heterocycles. The number of aromatic nitrogens is 3. The average Bonchev–Trinajstić information content (AvgIpc) is 3.45. The van der Waals surface area contributed by atoms with Gasteiger partial charge in [-0.05, 0) is 42.0 Å². The van der Waals surface area contributed by atoms with Crippen molar-refractivity contribution < 1.29 is 13.9 Å². The zero-order valence-corrected chi connectivity index (χ0v) is 17.7. The van der Waals surface area contributed by atoms with Crippen LogP contribution >= 0.6 is 11.6 Å². The molecule has 0 saturated carbocycles. The molecule has 0 amide bonds. The van der Waals surface area contributed by atoms with Gasteiger partial charge in [-0.25, -0.2) is 9.97 Å². The normalized spacial score (nSPS) is 11.0. The predicted octanol–water partition coefficient (Wildman–Crippen LogP) is 5.85. The number of nitrogens with one attached hydrogen (secondary N) is 1. The molecule has 1 N–H and O–H groups in total. The largest absolute Gasteiger partial charge is 0.489 e. The molecule has 2 aromatic heterocycles. The highest BCUT2D eigenvalue weighted by molar-refractivity contribution is 6.30. The lowest BCUT2D eigenvalue weighted by molar-refractivity contribution is 0.112. The van der Waals surface area contributed by atoms with Crippen molar-refractivity contribution in [3.8, 4) is 17.3 Å². The topological polar surface area (TPSA) is 81.0 Å². The molecule has 158 valence electrons. The Labute approximate surface area is 188 Å². The van der Waals surface area contributed by atoms with Crippen molar-refractivity contribution in [3.63, 3.8) is 0 Å². The summed E-state index contributed by atoms with van der Waals surface area (Å²) in [6.45, 7) is 0.452. The maximum absolute atomic E-state index is 11.0. The number of rotatable bonds is 7. The van der Waals surface area contributed by atoms with Gasteiger partial charge >= 0.3 is 0 Å². The molecule has 0 bridgehead atoms. The molecular formula is C25H18ClN3O3. The second-order valence-electron chi connectivity index (χ2n) is 7.31. The van der Waals surface area contributed by atoms with E-state index in [9.17, 15) is 4.79 Å². The van der Waals surface area contributed by atoms with E-state index in [1.54, 1.807) is 30.5 Å². The lowest BCUT2D eigenvalue weighted by Crippen LogP contribution is -1.99. The molecule has 7 heteroatoms. The predicted molar refractivity (Wildman–Crippen MR) is 122 cm³/mol. The Balaban J connectivity index is 1.37. The Bertz CT molecular complexity index is 1390. The van der Waals surface area contributed by atoms with Gasteiger partial charge in [0.2, 0.25) is 0 Å². The van der Waals surface area contributed by atoms with Crippen molar-refractivity contribution in [3.05, 3.63) is 101 Å². The highest BCUT2D eigenvalue weighted by Gasteiger charge is 2.14. The fourth-order valence-corrected chi connectivity index (χ4v) is 3.64. The van der Waals surface area contributed by atoms with E-state index in [0.29, 0.717) is 41.0 Å². The molecule has 0 aliphatic heterocycles. The number of benzene rings is 3. The molecule has 3 aromatic carbocycles. The number of fused-ring (bicyclic) bond motifs is 1. The standard InChI is InChI=1S/C25H18ClN3O3/c26-19-7-9-23(31-14-16-4-2-1-3-5-16)18(11-19)12-24-27-22(15-32-24)25-28-20-8-6-17(13-30)10-21(20)29-25/h1-11,13,15H,12,14H2,(H,28,29). The van der Waals surface area contributed by atoms with E-state index in [4.69, 9.17) is 20.8 Å². The van der Waals surface area contributed by atoms with Gasteiger partial charge in [-0.1, -0.05) is 41.9 Å². The number of hydrogen-bond donors (Lipinski definition) is 1. The van der Waals surface area contributed by atoms with Crippen molar-refractivity contribution in [2.75, 3.05) is 0 Å². The van der Waals surface area contributed by atoms with Gasteiger partial charge in [0, 0.05) is 16.1 Å². The van der Waals surface area contributed by atoms with E-state index in [0.717, 1.165) is 34.2 Å². The molecule has 6 nitrogen and oxygen atoms in total.